The molecule has 1 aliphatic heterocycles. The van der Waals surface area contributed by atoms with Crippen LogP contribution in [0.4, 0.5) is 0 Å². The fraction of sp³-hybridized carbons (Fsp3) is 0.545. The topological polar surface area (TPSA) is 40.6 Å². The number of rotatable bonds is 4. The second-order valence-corrected chi connectivity index (χ2v) is 7.17. The molecule has 0 aromatic heterocycles. The van der Waals surface area contributed by atoms with E-state index in [9.17, 15) is 9.59 Å². The lowest BCUT2D eigenvalue weighted by Crippen LogP contribution is -2.50. The molecule has 1 aromatic rings. The van der Waals surface area contributed by atoms with Crippen LogP contribution in [0.2, 0.25) is 0 Å². The Morgan fingerprint density at radius 3 is 2.54 bits per heavy atom. The molecule has 26 heavy (non-hydrogen) atoms. The van der Waals surface area contributed by atoms with E-state index in [0.29, 0.717) is 19.5 Å². The van der Waals surface area contributed by atoms with Gasteiger partial charge in [-0.3, -0.25) is 9.59 Å². The molecule has 138 valence electrons. The minimum atomic E-state index is -0.290. The number of benzene rings is 1. The quantitative estimate of drug-likeness (QED) is 0.781. The van der Waals surface area contributed by atoms with Gasteiger partial charge >= 0.3 is 0 Å². The standard InChI is InChI=1S/C22H28N2O2/c1-2-21(25)24-17-9-15-20(24)22(26)23(19-13-6-7-14-19)16-8-12-18-10-4-3-5-11-18/h3-5,10-11,19-20H,2,6-7,9,13-17H2,1H3/t20-/m0/s1. The zero-order valence-electron chi connectivity index (χ0n) is 15.6. The van der Waals surface area contributed by atoms with E-state index in [0.717, 1.165) is 31.2 Å². The summed E-state index contributed by atoms with van der Waals surface area (Å²) in [6.45, 7) is 3.02. The van der Waals surface area contributed by atoms with Gasteiger partial charge in [-0.15, -0.1) is 0 Å². The van der Waals surface area contributed by atoms with Crippen LogP contribution in [0.25, 0.3) is 0 Å². The highest BCUT2D eigenvalue weighted by Crippen LogP contribution is 2.27. The molecule has 0 radical (unpaired) electrons. The van der Waals surface area contributed by atoms with Crippen LogP contribution in [0.3, 0.4) is 0 Å². The molecule has 4 nitrogen and oxygen atoms in total. The van der Waals surface area contributed by atoms with Crippen molar-refractivity contribution >= 4 is 11.8 Å². The van der Waals surface area contributed by atoms with Gasteiger partial charge in [0.2, 0.25) is 11.8 Å². The molecule has 2 fully saturated rings. The molecule has 1 aliphatic carbocycles. The lowest BCUT2D eigenvalue weighted by atomic mass is 10.1. The first kappa shape index (κ1) is 18.5. The molecule has 3 rings (SSSR count). The number of hydrogen-bond donors (Lipinski definition) is 0. The Hall–Kier alpha value is -2.28. The fourth-order valence-corrected chi connectivity index (χ4v) is 4.07. The van der Waals surface area contributed by atoms with Gasteiger partial charge in [0.15, 0.2) is 0 Å². The van der Waals surface area contributed by atoms with E-state index < -0.39 is 0 Å². The highest BCUT2D eigenvalue weighted by Gasteiger charge is 2.38. The number of hydrogen-bond acceptors (Lipinski definition) is 2. The largest absolute Gasteiger partial charge is 0.331 e. The number of carbonyl (C=O) groups is 2. The Kier molecular flexibility index (Phi) is 6.33. The van der Waals surface area contributed by atoms with E-state index >= 15 is 0 Å². The monoisotopic (exact) mass is 352 g/mol. The molecule has 2 aliphatic rings. The molecule has 1 aromatic carbocycles. The molecule has 0 unspecified atom stereocenters. The van der Waals surface area contributed by atoms with Gasteiger partial charge in [-0.2, -0.15) is 0 Å². The van der Waals surface area contributed by atoms with Crippen molar-refractivity contribution in [3.05, 3.63) is 35.9 Å². The molecular formula is C22H28N2O2. The van der Waals surface area contributed by atoms with Crippen molar-refractivity contribution in [3.63, 3.8) is 0 Å². The minimum absolute atomic E-state index is 0.0857. The van der Waals surface area contributed by atoms with Gasteiger partial charge in [0.05, 0.1) is 6.54 Å². The predicted molar refractivity (Wildman–Crippen MR) is 102 cm³/mol. The highest BCUT2D eigenvalue weighted by molar-refractivity contribution is 5.88. The van der Waals surface area contributed by atoms with Gasteiger partial charge in [-0.05, 0) is 37.8 Å². The molecule has 2 amide bonds. The van der Waals surface area contributed by atoms with Crippen LogP contribution in [0.5, 0.6) is 0 Å². The first-order chi connectivity index (χ1) is 12.7. The van der Waals surface area contributed by atoms with Crippen LogP contribution in [0.1, 0.15) is 57.4 Å². The maximum atomic E-state index is 13.3. The van der Waals surface area contributed by atoms with E-state index in [-0.39, 0.29) is 23.9 Å². The summed E-state index contributed by atoms with van der Waals surface area (Å²) in [5.74, 6) is 6.54. The molecule has 0 spiro atoms. The number of carbonyl (C=O) groups excluding carboxylic acids is 2. The SMILES string of the molecule is CCC(=O)N1CCC[C@H]1C(=O)N(CC#Cc1ccccc1)C1CCCC1. The summed E-state index contributed by atoms with van der Waals surface area (Å²) in [6, 6.07) is 9.85. The van der Waals surface area contributed by atoms with Gasteiger partial charge in [0.25, 0.3) is 0 Å². The maximum absolute atomic E-state index is 13.3. The van der Waals surface area contributed by atoms with Crippen molar-refractivity contribution in [2.75, 3.05) is 13.1 Å². The van der Waals surface area contributed by atoms with E-state index in [1.54, 1.807) is 4.90 Å². The van der Waals surface area contributed by atoms with Crippen molar-refractivity contribution in [2.24, 2.45) is 0 Å². The maximum Gasteiger partial charge on any atom is 0.246 e. The minimum Gasteiger partial charge on any atom is -0.331 e. The predicted octanol–water partition coefficient (Wildman–Crippen LogP) is 3.21. The fourth-order valence-electron chi connectivity index (χ4n) is 4.07. The third-order valence-corrected chi connectivity index (χ3v) is 5.47. The van der Waals surface area contributed by atoms with Gasteiger partial charge in [-0.1, -0.05) is 49.8 Å². The van der Waals surface area contributed by atoms with E-state index in [2.05, 4.69) is 11.8 Å². The normalized spacial score (nSPS) is 19.9. The van der Waals surface area contributed by atoms with Crippen molar-refractivity contribution in [2.45, 2.75) is 64.0 Å². The molecule has 0 N–H and O–H groups in total. The van der Waals surface area contributed by atoms with Crippen LogP contribution in [-0.4, -0.2) is 46.8 Å². The first-order valence-electron chi connectivity index (χ1n) is 9.84. The Morgan fingerprint density at radius 2 is 1.85 bits per heavy atom. The van der Waals surface area contributed by atoms with Crippen LogP contribution in [-0.2, 0) is 9.59 Å². The van der Waals surface area contributed by atoms with E-state index in [4.69, 9.17) is 0 Å². The molecule has 4 heteroatoms. The zero-order valence-corrected chi connectivity index (χ0v) is 15.6. The Balaban J connectivity index is 1.74. The lowest BCUT2D eigenvalue weighted by Gasteiger charge is -2.33. The van der Waals surface area contributed by atoms with Gasteiger partial charge in [0.1, 0.15) is 6.04 Å². The van der Waals surface area contributed by atoms with Gasteiger partial charge < -0.3 is 9.80 Å². The Labute approximate surface area is 156 Å². The second-order valence-electron chi connectivity index (χ2n) is 7.17. The van der Waals surface area contributed by atoms with Crippen molar-refractivity contribution in [3.8, 4) is 11.8 Å². The molecule has 1 saturated heterocycles. The molecule has 1 saturated carbocycles. The average Bonchev–Trinajstić information content (AvgIpc) is 3.36. The highest BCUT2D eigenvalue weighted by atomic mass is 16.2. The lowest BCUT2D eigenvalue weighted by molar-refractivity contribution is -0.144. The smallest absolute Gasteiger partial charge is 0.246 e. The Morgan fingerprint density at radius 1 is 1.12 bits per heavy atom. The second kappa shape index (κ2) is 8.89. The van der Waals surface area contributed by atoms with Crippen LogP contribution in [0, 0.1) is 11.8 Å². The van der Waals surface area contributed by atoms with E-state index in [1.807, 2.05) is 42.2 Å². The number of nitrogens with zero attached hydrogens (tertiary/aromatic N) is 2. The molecule has 0 bridgehead atoms. The molecule has 1 heterocycles. The van der Waals surface area contributed by atoms with E-state index in [1.165, 1.54) is 12.8 Å². The third kappa shape index (κ3) is 4.27. The number of amides is 2. The van der Waals surface area contributed by atoms with Crippen molar-refractivity contribution < 1.29 is 9.59 Å². The summed E-state index contributed by atoms with van der Waals surface area (Å²) in [4.78, 5) is 29.2. The summed E-state index contributed by atoms with van der Waals surface area (Å²) >= 11 is 0. The van der Waals surface area contributed by atoms with Crippen LogP contribution >= 0.6 is 0 Å². The summed E-state index contributed by atoms with van der Waals surface area (Å²) in [5.41, 5.74) is 0.968. The van der Waals surface area contributed by atoms with Gasteiger partial charge in [-0.25, -0.2) is 0 Å². The zero-order chi connectivity index (χ0) is 18.4. The third-order valence-electron chi connectivity index (χ3n) is 5.47. The van der Waals surface area contributed by atoms with Crippen molar-refractivity contribution in [1.29, 1.82) is 0 Å². The van der Waals surface area contributed by atoms with Crippen LogP contribution in [0.15, 0.2) is 30.3 Å². The summed E-state index contributed by atoms with van der Waals surface area (Å²) < 4.78 is 0. The summed E-state index contributed by atoms with van der Waals surface area (Å²) in [6.07, 6.45) is 6.59. The first-order valence-corrected chi connectivity index (χ1v) is 9.84. The summed E-state index contributed by atoms with van der Waals surface area (Å²) in [5, 5.41) is 0. The number of likely N-dealkylation sites (tertiary alicyclic amines) is 1. The van der Waals surface area contributed by atoms with Crippen LogP contribution < -0.4 is 0 Å². The molecule has 1 atom stereocenters. The Bertz CT molecular complexity index is 683. The van der Waals surface area contributed by atoms with Crippen molar-refractivity contribution in [1.82, 2.24) is 9.80 Å². The summed E-state index contributed by atoms with van der Waals surface area (Å²) in [7, 11) is 0. The van der Waals surface area contributed by atoms with Gasteiger partial charge in [0, 0.05) is 24.6 Å². The average molecular weight is 352 g/mol. The molecular weight excluding hydrogens is 324 g/mol.